The number of ether oxygens (including phenoxy) is 2. The van der Waals surface area contributed by atoms with Gasteiger partial charge in [-0.2, -0.15) is 5.10 Å². The lowest BCUT2D eigenvalue weighted by Gasteiger charge is -2.28. The summed E-state index contributed by atoms with van der Waals surface area (Å²) < 4.78 is 12.4. The number of nitrogens with zero attached hydrogens (tertiary/aromatic N) is 4. The molecule has 4 aromatic rings. The van der Waals surface area contributed by atoms with Crippen molar-refractivity contribution in [2.45, 2.75) is 19.3 Å². The van der Waals surface area contributed by atoms with Gasteiger partial charge in [-0.1, -0.05) is 18.2 Å². The summed E-state index contributed by atoms with van der Waals surface area (Å²) in [6.07, 6.45) is 6.28. The van der Waals surface area contributed by atoms with Gasteiger partial charge in [-0.25, -0.2) is 14.6 Å². The number of hydrogen-bond acceptors (Lipinski definition) is 8. The number of benzene rings is 2. The van der Waals surface area contributed by atoms with Crippen molar-refractivity contribution in [3.8, 4) is 11.4 Å². The molecule has 5 rings (SSSR count). The average Bonchev–Trinajstić information content (AvgIpc) is 3.32. The Morgan fingerprint density at radius 1 is 1.21 bits per heavy atom. The Morgan fingerprint density at radius 2 is 2.03 bits per heavy atom. The summed E-state index contributed by atoms with van der Waals surface area (Å²) in [5.74, 6) is 1.06. The molecule has 174 valence electrons. The number of rotatable bonds is 7. The summed E-state index contributed by atoms with van der Waals surface area (Å²) >= 11 is 0. The van der Waals surface area contributed by atoms with Gasteiger partial charge in [0.2, 0.25) is 5.95 Å². The van der Waals surface area contributed by atoms with Gasteiger partial charge in [0.15, 0.2) is 0 Å². The maximum Gasteiger partial charge on any atom is 0.325 e. The molecule has 2 aromatic carbocycles. The monoisotopic (exact) mass is 458 g/mol. The highest BCUT2D eigenvalue weighted by Crippen LogP contribution is 2.43. The minimum absolute atomic E-state index is 0.0162. The lowest BCUT2D eigenvalue weighted by Crippen LogP contribution is -2.18. The van der Waals surface area contributed by atoms with Crippen LogP contribution in [0.4, 0.5) is 11.6 Å². The minimum Gasteiger partial charge on any atom is -0.496 e. The maximum atomic E-state index is 11.5. The van der Waals surface area contributed by atoms with Gasteiger partial charge in [-0.15, -0.1) is 0 Å². The van der Waals surface area contributed by atoms with Crippen LogP contribution in [0.5, 0.6) is 5.75 Å². The molecular formula is C25H26N6O3. The lowest BCUT2D eigenvalue weighted by atomic mass is 9.83. The molecule has 2 aromatic heterocycles. The highest BCUT2D eigenvalue weighted by atomic mass is 16.5. The molecule has 9 nitrogen and oxygen atoms in total. The highest BCUT2D eigenvalue weighted by molar-refractivity contribution is 5.89. The zero-order chi connectivity index (χ0) is 23.5. The van der Waals surface area contributed by atoms with Crippen LogP contribution in [-0.4, -0.2) is 52.5 Å². The van der Waals surface area contributed by atoms with Crippen LogP contribution in [-0.2, 0) is 9.53 Å². The highest BCUT2D eigenvalue weighted by Gasteiger charge is 2.27. The zero-order valence-corrected chi connectivity index (χ0v) is 19.1. The zero-order valence-electron chi connectivity index (χ0n) is 19.1. The molecule has 2 N–H and O–H groups in total. The van der Waals surface area contributed by atoms with Crippen molar-refractivity contribution in [1.29, 1.82) is 0 Å². The van der Waals surface area contributed by atoms with Crippen molar-refractivity contribution in [2.24, 2.45) is 0 Å². The van der Waals surface area contributed by atoms with Crippen LogP contribution in [0.3, 0.4) is 0 Å². The third-order valence-electron chi connectivity index (χ3n) is 5.93. The Hall–Kier alpha value is -4.14. The Morgan fingerprint density at radius 3 is 2.82 bits per heavy atom. The van der Waals surface area contributed by atoms with Crippen LogP contribution in [0.2, 0.25) is 0 Å². The molecule has 0 radical (unpaired) electrons. The summed E-state index contributed by atoms with van der Waals surface area (Å²) in [5.41, 5.74) is 5.08. The van der Waals surface area contributed by atoms with E-state index in [1.54, 1.807) is 31.1 Å². The van der Waals surface area contributed by atoms with Crippen molar-refractivity contribution in [3.63, 3.8) is 0 Å². The fraction of sp³-hybridized carbons (Fsp3) is 0.280. The van der Waals surface area contributed by atoms with E-state index >= 15 is 0 Å². The molecule has 0 saturated heterocycles. The molecule has 0 saturated carbocycles. The first kappa shape index (κ1) is 21.7. The van der Waals surface area contributed by atoms with Gasteiger partial charge in [0.25, 0.3) is 0 Å². The molecule has 0 spiro atoms. The number of nitrogens with one attached hydrogen (secondary N) is 2. The molecule has 1 aliphatic heterocycles. The number of anilines is 2. The second-order valence-corrected chi connectivity index (χ2v) is 7.97. The molecule has 0 aliphatic carbocycles. The second-order valence-electron chi connectivity index (χ2n) is 7.97. The van der Waals surface area contributed by atoms with E-state index in [-0.39, 0.29) is 18.4 Å². The number of carbonyl (C=O) groups excluding carboxylic acids is 1. The van der Waals surface area contributed by atoms with E-state index in [2.05, 4.69) is 38.8 Å². The summed E-state index contributed by atoms with van der Waals surface area (Å²) in [4.78, 5) is 20.1. The summed E-state index contributed by atoms with van der Waals surface area (Å²) in [5, 5.41) is 12.3. The molecule has 3 heterocycles. The number of aromatic nitrogens is 4. The molecule has 0 fully saturated rings. The number of hydrogen-bond donors (Lipinski definition) is 2. The van der Waals surface area contributed by atoms with E-state index in [1.165, 1.54) is 5.56 Å². The number of para-hydroxylation sites is 1. The lowest BCUT2D eigenvalue weighted by molar-refractivity contribution is -0.140. The number of carbonyl (C=O) groups is 1. The van der Waals surface area contributed by atoms with Gasteiger partial charge >= 0.3 is 5.97 Å². The normalized spacial score (nSPS) is 14.8. The smallest absolute Gasteiger partial charge is 0.325 e. The molecule has 1 atom stereocenters. The molecular weight excluding hydrogens is 432 g/mol. The Kier molecular flexibility index (Phi) is 5.99. The Labute approximate surface area is 197 Å². The molecule has 1 unspecified atom stereocenters. The molecule has 1 aliphatic rings. The molecule has 9 heteroatoms. The van der Waals surface area contributed by atoms with Gasteiger partial charge in [-0.3, -0.25) is 4.79 Å². The third kappa shape index (κ3) is 4.12. The van der Waals surface area contributed by atoms with Gasteiger partial charge in [0.1, 0.15) is 18.0 Å². The fourth-order valence-electron chi connectivity index (χ4n) is 4.40. The fourth-order valence-corrected chi connectivity index (χ4v) is 4.40. The molecule has 0 amide bonds. The topological polar surface area (TPSA) is 103 Å². The first-order chi connectivity index (χ1) is 16.7. The standard InChI is InChI=1S/C25H26N6O3/c1-3-34-22(32)14-29-25-27-12-17(13-28-25)31-15-16-8-9-20-23(24(16)30-31)19(10-11-26-20)18-6-4-5-7-21(18)33-2/h4-9,12-13,15,19,26H,3,10-11,14H2,1-2H3,(H,27,28,29). The van der Waals surface area contributed by atoms with Crippen LogP contribution in [0.1, 0.15) is 30.4 Å². The van der Waals surface area contributed by atoms with Crippen LogP contribution < -0.4 is 15.4 Å². The van der Waals surface area contributed by atoms with E-state index in [0.717, 1.165) is 46.6 Å². The van der Waals surface area contributed by atoms with Crippen LogP contribution in [0, 0.1) is 0 Å². The van der Waals surface area contributed by atoms with E-state index in [0.29, 0.717) is 12.6 Å². The third-order valence-corrected chi connectivity index (χ3v) is 5.93. The van der Waals surface area contributed by atoms with Crippen LogP contribution >= 0.6 is 0 Å². The van der Waals surface area contributed by atoms with E-state index in [4.69, 9.17) is 14.6 Å². The first-order valence-corrected chi connectivity index (χ1v) is 11.3. The van der Waals surface area contributed by atoms with Gasteiger partial charge in [0.05, 0.1) is 31.6 Å². The van der Waals surface area contributed by atoms with Gasteiger partial charge < -0.3 is 20.1 Å². The second kappa shape index (κ2) is 9.38. The Balaban J connectivity index is 1.47. The van der Waals surface area contributed by atoms with E-state index in [1.807, 2.05) is 24.4 Å². The van der Waals surface area contributed by atoms with E-state index < -0.39 is 0 Å². The van der Waals surface area contributed by atoms with Crippen molar-refractivity contribution >= 4 is 28.5 Å². The van der Waals surface area contributed by atoms with E-state index in [9.17, 15) is 4.79 Å². The van der Waals surface area contributed by atoms with Crippen molar-refractivity contribution < 1.29 is 14.3 Å². The molecule has 34 heavy (non-hydrogen) atoms. The summed E-state index contributed by atoms with van der Waals surface area (Å²) in [6.45, 7) is 3.01. The van der Waals surface area contributed by atoms with Crippen LogP contribution in [0.15, 0.2) is 55.0 Å². The first-order valence-electron chi connectivity index (χ1n) is 11.3. The number of esters is 1. The largest absolute Gasteiger partial charge is 0.496 e. The average molecular weight is 459 g/mol. The van der Waals surface area contributed by atoms with Crippen molar-refractivity contribution in [3.05, 3.63) is 66.1 Å². The SMILES string of the molecule is CCOC(=O)CNc1ncc(-n2cc3ccc4c(c3n2)C(c2ccccc2OC)CCN4)cn1. The number of methoxy groups -OCH3 is 1. The predicted octanol–water partition coefficient (Wildman–Crippen LogP) is 3.75. The summed E-state index contributed by atoms with van der Waals surface area (Å²) in [6, 6.07) is 12.4. The quantitative estimate of drug-likeness (QED) is 0.404. The molecule has 0 bridgehead atoms. The summed E-state index contributed by atoms with van der Waals surface area (Å²) in [7, 11) is 1.71. The number of fused-ring (bicyclic) bond motifs is 3. The van der Waals surface area contributed by atoms with Gasteiger partial charge in [-0.05, 0) is 31.5 Å². The van der Waals surface area contributed by atoms with Crippen molar-refractivity contribution in [1.82, 2.24) is 19.7 Å². The minimum atomic E-state index is -0.350. The van der Waals surface area contributed by atoms with Gasteiger partial charge in [0, 0.05) is 40.9 Å². The Bertz CT molecular complexity index is 1320. The van der Waals surface area contributed by atoms with Crippen molar-refractivity contribution in [2.75, 3.05) is 37.4 Å². The maximum absolute atomic E-state index is 11.5. The predicted molar refractivity (Wildman–Crippen MR) is 130 cm³/mol. The van der Waals surface area contributed by atoms with Crippen LogP contribution in [0.25, 0.3) is 16.6 Å².